The van der Waals surface area contributed by atoms with Crippen LogP contribution >= 0.6 is 0 Å². The van der Waals surface area contributed by atoms with Gasteiger partial charge in [0.15, 0.2) is 5.82 Å². The number of carbonyl (C=O) groups is 1. The Balaban J connectivity index is 1.49. The Bertz CT molecular complexity index is 907. The van der Waals surface area contributed by atoms with E-state index in [2.05, 4.69) is 22.3 Å². The number of nitrogens with zero attached hydrogens (tertiary/aromatic N) is 4. The highest BCUT2D eigenvalue weighted by molar-refractivity contribution is 5.76. The van der Waals surface area contributed by atoms with Crippen LogP contribution in [0.3, 0.4) is 0 Å². The van der Waals surface area contributed by atoms with Crippen LogP contribution in [0.2, 0.25) is 0 Å². The molecule has 26 heavy (non-hydrogen) atoms. The number of aromatic nitrogens is 3. The maximum absolute atomic E-state index is 12.8. The molecule has 1 unspecified atom stereocenters. The molecular formula is C20H20N4O2. The lowest BCUT2D eigenvalue weighted by molar-refractivity contribution is -0.132. The molecule has 1 aromatic heterocycles. The summed E-state index contributed by atoms with van der Waals surface area (Å²) in [5.41, 5.74) is 3.22. The Morgan fingerprint density at radius 1 is 1.08 bits per heavy atom. The third kappa shape index (κ3) is 3.23. The summed E-state index contributed by atoms with van der Waals surface area (Å²) in [6, 6.07) is 17.5. The average molecular weight is 348 g/mol. The topological polar surface area (TPSA) is 71.2 Å². The standard InChI is InChI=1S/C20H20N4O2/c25-18(23-11-10-15-6-4-5-9-17(15)12-23)13-24-14-21-22-20(24)19(26)16-7-2-1-3-8-16/h1-9,14,19,26H,10-13H2. The van der Waals surface area contributed by atoms with Crippen LogP contribution in [-0.2, 0) is 24.3 Å². The molecule has 1 aliphatic rings. The summed E-state index contributed by atoms with van der Waals surface area (Å²) >= 11 is 0. The van der Waals surface area contributed by atoms with Crippen molar-refractivity contribution in [1.29, 1.82) is 0 Å². The van der Waals surface area contributed by atoms with E-state index in [0.29, 0.717) is 18.9 Å². The molecule has 0 fully saturated rings. The zero-order chi connectivity index (χ0) is 17.9. The highest BCUT2D eigenvalue weighted by Gasteiger charge is 2.23. The van der Waals surface area contributed by atoms with Crippen molar-refractivity contribution in [2.45, 2.75) is 25.6 Å². The van der Waals surface area contributed by atoms with E-state index in [0.717, 1.165) is 12.0 Å². The molecule has 1 atom stereocenters. The predicted octanol–water partition coefficient (Wildman–Crippen LogP) is 1.94. The molecule has 2 heterocycles. The minimum atomic E-state index is -0.909. The van der Waals surface area contributed by atoms with Crippen LogP contribution in [-0.4, -0.2) is 37.2 Å². The minimum Gasteiger partial charge on any atom is -0.380 e. The fraction of sp³-hybridized carbons (Fsp3) is 0.250. The van der Waals surface area contributed by atoms with Gasteiger partial charge in [0.05, 0.1) is 0 Å². The SMILES string of the molecule is O=C(Cn1cnnc1C(O)c1ccccc1)N1CCc2ccccc2C1. The number of fused-ring (bicyclic) bond motifs is 1. The second kappa shape index (κ2) is 7.09. The fourth-order valence-electron chi connectivity index (χ4n) is 3.34. The first kappa shape index (κ1) is 16.5. The third-order valence-corrected chi connectivity index (χ3v) is 4.79. The number of hydrogen-bond acceptors (Lipinski definition) is 4. The van der Waals surface area contributed by atoms with Crippen LogP contribution in [0.4, 0.5) is 0 Å². The van der Waals surface area contributed by atoms with Gasteiger partial charge in [0, 0.05) is 13.1 Å². The Morgan fingerprint density at radius 2 is 1.81 bits per heavy atom. The first-order valence-electron chi connectivity index (χ1n) is 8.67. The summed E-state index contributed by atoms with van der Waals surface area (Å²) in [6.07, 6.45) is 1.45. The van der Waals surface area contributed by atoms with Gasteiger partial charge in [0.25, 0.3) is 0 Å². The Morgan fingerprint density at radius 3 is 2.62 bits per heavy atom. The number of benzene rings is 2. The van der Waals surface area contributed by atoms with Crippen LogP contribution in [0.15, 0.2) is 60.9 Å². The van der Waals surface area contributed by atoms with Gasteiger partial charge in [-0.2, -0.15) is 0 Å². The van der Waals surface area contributed by atoms with Gasteiger partial charge in [0.2, 0.25) is 5.91 Å². The van der Waals surface area contributed by atoms with E-state index in [9.17, 15) is 9.90 Å². The van der Waals surface area contributed by atoms with Crippen LogP contribution in [0.1, 0.15) is 28.6 Å². The van der Waals surface area contributed by atoms with Crippen molar-refractivity contribution < 1.29 is 9.90 Å². The van der Waals surface area contributed by atoms with Crippen LogP contribution in [0.25, 0.3) is 0 Å². The van der Waals surface area contributed by atoms with Crippen molar-refractivity contribution >= 4 is 5.91 Å². The predicted molar refractivity (Wildman–Crippen MR) is 96.1 cm³/mol. The summed E-state index contributed by atoms with van der Waals surface area (Å²) in [7, 11) is 0. The molecule has 1 aliphatic heterocycles. The molecule has 0 saturated heterocycles. The molecule has 3 aromatic rings. The van der Waals surface area contributed by atoms with Gasteiger partial charge in [-0.1, -0.05) is 54.6 Å². The molecule has 132 valence electrons. The van der Waals surface area contributed by atoms with Crippen molar-refractivity contribution in [1.82, 2.24) is 19.7 Å². The van der Waals surface area contributed by atoms with Crippen molar-refractivity contribution in [3.05, 3.63) is 83.4 Å². The average Bonchev–Trinajstić information content (AvgIpc) is 3.15. The maximum Gasteiger partial charge on any atom is 0.242 e. The van der Waals surface area contributed by atoms with E-state index >= 15 is 0 Å². The van der Waals surface area contributed by atoms with Gasteiger partial charge < -0.3 is 14.6 Å². The molecule has 6 nitrogen and oxygen atoms in total. The van der Waals surface area contributed by atoms with Crippen molar-refractivity contribution in [3.63, 3.8) is 0 Å². The van der Waals surface area contributed by atoms with E-state index in [-0.39, 0.29) is 12.5 Å². The summed E-state index contributed by atoms with van der Waals surface area (Å²) in [4.78, 5) is 14.6. The van der Waals surface area contributed by atoms with Gasteiger partial charge >= 0.3 is 0 Å². The Kier molecular flexibility index (Phi) is 4.50. The Hall–Kier alpha value is -2.99. The Labute approximate surface area is 151 Å². The number of rotatable bonds is 4. The highest BCUT2D eigenvalue weighted by Crippen LogP contribution is 2.21. The van der Waals surface area contributed by atoms with Gasteiger partial charge in [-0.05, 0) is 23.1 Å². The zero-order valence-electron chi connectivity index (χ0n) is 14.3. The number of carbonyl (C=O) groups excluding carboxylic acids is 1. The number of aliphatic hydroxyl groups is 1. The smallest absolute Gasteiger partial charge is 0.242 e. The lowest BCUT2D eigenvalue weighted by Crippen LogP contribution is -2.38. The monoisotopic (exact) mass is 348 g/mol. The lowest BCUT2D eigenvalue weighted by Gasteiger charge is -2.29. The number of aliphatic hydroxyl groups excluding tert-OH is 1. The van der Waals surface area contributed by atoms with Gasteiger partial charge in [-0.3, -0.25) is 4.79 Å². The summed E-state index contributed by atoms with van der Waals surface area (Å²) in [5, 5.41) is 18.5. The van der Waals surface area contributed by atoms with E-state index in [1.807, 2.05) is 47.4 Å². The van der Waals surface area contributed by atoms with Crippen molar-refractivity contribution in [3.8, 4) is 0 Å². The number of amides is 1. The normalized spacial score (nSPS) is 14.7. The molecule has 0 spiro atoms. The number of hydrogen-bond donors (Lipinski definition) is 1. The highest BCUT2D eigenvalue weighted by atomic mass is 16.3. The van der Waals surface area contributed by atoms with E-state index in [1.165, 1.54) is 17.5 Å². The quantitative estimate of drug-likeness (QED) is 0.782. The first-order valence-corrected chi connectivity index (χ1v) is 8.67. The van der Waals surface area contributed by atoms with Gasteiger partial charge in [0.1, 0.15) is 19.0 Å². The minimum absolute atomic E-state index is 0.000754. The van der Waals surface area contributed by atoms with Gasteiger partial charge in [-0.25, -0.2) is 0 Å². The lowest BCUT2D eigenvalue weighted by atomic mass is 10.00. The summed E-state index contributed by atoms with van der Waals surface area (Å²) in [5.74, 6) is 0.378. The summed E-state index contributed by atoms with van der Waals surface area (Å²) < 4.78 is 1.63. The molecule has 0 aliphatic carbocycles. The largest absolute Gasteiger partial charge is 0.380 e. The molecule has 0 saturated carbocycles. The van der Waals surface area contributed by atoms with E-state index in [1.54, 1.807) is 4.57 Å². The van der Waals surface area contributed by atoms with Crippen LogP contribution in [0.5, 0.6) is 0 Å². The van der Waals surface area contributed by atoms with E-state index < -0.39 is 6.10 Å². The molecule has 1 N–H and O–H groups in total. The molecule has 0 radical (unpaired) electrons. The van der Waals surface area contributed by atoms with Crippen LogP contribution in [0, 0.1) is 0 Å². The molecule has 1 amide bonds. The fourth-order valence-corrected chi connectivity index (χ4v) is 3.34. The molecular weight excluding hydrogens is 328 g/mol. The van der Waals surface area contributed by atoms with Crippen LogP contribution < -0.4 is 0 Å². The second-order valence-electron chi connectivity index (χ2n) is 6.46. The van der Waals surface area contributed by atoms with E-state index in [4.69, 9.17) is 0 Å². The summed E-state index contributed by atoms with van der Waals surface area (Å²) in [6.45, 7) is 1.44. The molecule has 6 heteroatoms. The van der Waals surface area contributed by atoms with Crippen molar-refractivity contribution in [2.24, 2.45) is 0 Å². The first-order chi connectivity index (χ1) is 12.7. The third-order valence-electron chi connectivity index (χ3n) is 4.79. The molecule has 2 aromatic carbocycles. The van der Waals surface area contributed by atoms with Crippen molar-refractivity contribution in [2.75, 3.05) is 6.54 Å². The second-order valence-corrected chi connectivity index (χ2v) is 6.46. The molecule has 0 bridgehead atoms. The van der Waals surface area contributed by atoms with Gasteiger partial charge in [-0.15, -0.1) is 10.2 Å². The maximum atomic E-state index is 12.8. The molecule has 4 rings (SSSR count). The zero-order valence-corrected chi connectivity index (χ0v) is 14.3.